The third kappa shape index (κ3) is 4.97. The van der Waals surface area contributed by atoms with Gasteiger partial charge >= 0.3 is 0 Å². The van der Waals surface area contributed by atoms with Crippen molar-refractivity contribution in [2.24, 2.45) is 5.73 Å². The maximum absolute atomic E-state index is 6.07. The molecule has 1 atom stereocenters. The van der Waals surface area contributed by atoms with Gasteiger partial charge in [-0.2, -0.15) is 0 Å². The Kier molecular flexibility index (Phi) is 6.46. The average molecular weight is 242 g/mol. The molecule has 0 bridgehead atoms. The van der Waals surface area contributed by atoms with Crippen molar-refractivity contribution in [1.82, 2.24) is 0 Å². The third-order valence-electron chi connectivity index (χ3n) is 2.42. The van der Waals surface area contributed by atoms with Crippen LogP contribution in [-0.4, -0.2) is 19.3 Å². The molecule has 0 fully saturated rings. The normalized spacial score (nSPS) is 12.7. The highest BCUT2D eigenvalue weighted by atomic mass is 35.5. The van der Waals surface area contributed by atoms with E-state index >= 15 is 0 Å². The second-order valence-electron chi connectivity index (χ2n) is 3.96. The number of hydrogen-bond acceptors (Lipinski definition) is 2. The lowest BCUT2D eigenvalue weighted by molar-refractivity contribution is 0.127. The van der Waals surface area contributed by atoms with Gasteiger partial charge in [0, 0.05) is 24.3 Å². The molecule has 1 unspecified atom stereocenters. The Morgan fingerprint density at radius 2 is 2.06 bits per heavy atom. The standard InChI is InChI=1S/C13H20ClNO/c1-2-8-16-9-7-12(15)10-11-5-3-4-6-13(11)14/h3-6,12H,2,7-10,15H2,1H3. The van der Waals surface area contributed by atoms with Gasteiger partial charge in [-0.25, -0.2) is 0 Å². The van der Waals surface area contributed by atoms with Gasteiger partial charge in [-0.15, -0.1) is 0 Å². The Morgan fingerprint density at radius 1 is 1.31 bits per heavy atom. The Balaban J connectivity index is 2.28. The van der Waals surface area contributed by atoms with E-state index in [1.54, 1.807) is 0 Å². The fraction of sp³-hybridized carbons (Fsp3) is 0.538. The van der Waals surface area contributed by atoms with Crippen LogP contribution in [0.1, 0.15) is 25.3 Å². The van der Waals surface area contributed by atoms with E-state index in [4.69, 9.17) is 22.1 Å². The molecule has 1 aromatic rings. The highest BCUT2D eigenvalue weighted by Gasteiger charge is 2.06. The molecule has 3 heteroatoms. The first-order chi connectivity index (χ1) is 7.74. The van der Waals surface area contributed by atoms with Crippen LogP contribution in [0, 0.1) is 0 Å². The van der Waals surface area contributed by atoms with Gasteiger partial charge in [0.25, 0.3) is 0 Å². The molecule has 0 aliphatic carbocycles. The summed E-state index contributed by atoms with van der Waals surface area (Å²) >= 11 is 6.07. The summed E-state index contributed by atoms with van der Waals surface area (Å²) in [6.45, 7) is 3.65. The Bertz CT molecular complexity index is 304. The van der Waals surface area contributed by atoms with Crippen LogP contribution in [0.5, 0.6) is 0 Å². The molecular formula is C13H20ClNO. The van der Waals surface area contributed by atoms with Crippen molar-refractivity contribution in [1.29, 1.82) is 0 Å². The van der Waals surface area contributed by atoms with Crippen LogP contribution >= 0.6 is 11.6 Å². The first-order valence-corrected chi connectivity index (χ1v) is 6.18. The van der Waals surface area contributed by atoms with E-state index in [1.165, 1.54) is 0 Å². The Hall–Kier alpha value is -0.570. The summed E-state index contributed by atoms with van der Waals surface area (Å²) in [5.74, 6) is 0. The first-order valence-electron chi connectivity index (χ1n) is 5.80. The van der Waals surface area contributed by atoms with E-state index in [2.05, 4.69) is 6.92 Å². The molecule has 2 nitrogen and oxygen atoms in total. The predicted molar refractivity (Wildman–Crippen MR) is 68.9 cm³/mol. The van der Waals surface area contributed by atoms with Crippen LogP contribution in [0.4, 0.5) is 0 Å². The number of hydrogen-bond donors (Lipinski definition) is 1. The molecule has 16 heavy (non-hydrogen) atoms. The SMILES string of the molecule is CCCOCCC(N)Cc1ccccc1Cl. The summed E-state index contributed by atoms with van der Waals surface area (Å²) in [4.78, 5) is 0. The van der Waals surface area contributed by atoms with Gasteiger partial charge in [-0.05, 0) is 30.9 Å². The molecule has 0 saturated carbocycles. The van der Waals surface area contributed by atoms with Gasteiger partial charge in [0.05, 0.1) is 0 Å². The topological polar surface area (TPSA) is 35.2 Å². The van der Waals surface area contributed by atoms with Crippen molar-refractivity contribution in [3.05, 3.63) is 34.9 Å². The minimum absolute atomic E-state index is 0.122. The molecule has 2 N–H and O–H groups in total. The summed E-state index contributed by atoms with van der Waals surface area (Å²) in [6.07, 6.45) is 2.75. The van der Waals surface area contributed by atoms with Gasteiger partial charge in [0.2, 0.25) is 0 Å². The summed E-state index contributed by atoms with van der Waals surface area (Å²) in [6, 6.07) is 7.96. The molecule has 1 aromatic carbocycles. The summed E-state index contributed by atoms with van der Waals surface area (Å²) in [7, 11) is 0. The molecule has 0 saturated heterocycles. The van der Waals surface area contributed by atoms with Crippen LogP contribution in [0.2, 0.25) is 5.02 Å². The lowest BCUT2D eigenvalue weighted by atomic mass is 10.0. The zero-order valence-corrected chi connectivity index (χ0v) is 10.5. The fourth-order valence-electron chi connectivity index (χ4n) is 1.53. The monoisotopic (exact) mass is 241 g/mol. The van der Waals surface area contributed by atoms with Crippen molar-refractivity contribution in [3.8, 4) is 0 Å². The number of rotatable bonds is 7. The molecule has 0 aliphatic rings. The van der Waals surface area contributed by atoms with E-state index in [0.717, 1.165) is 43.1 Å². The minimum atomic E-state index is 0.122. The van der Waals surface area contributed by atoms with Crippen LogP contribution < -0.4 is 5.73 Å². The van der Waals surface area contributed by atoms with Gasteiger partial charge in [-0.1, -0.05) is 36.7 Å². The summed E-state index contributed by atoms with van der Waals surface area (Å²) in [5.41, 5.74) is 7.14. The lowest BCUT2D eigenvalue weighted by Crippen LogP contribution is -2.24. The van der Waals surface area contributed by atoms with Gasteiger partial charge in [0.1, 0.15) is 0 Å². The number of nitrogens with two attached hydrogens (primary N) is 1. The van der Waals surface area contributed by atoms with Crippen molar-refractivity contribution in [3.63, 3.8) is 0 Å². The molecule has 1 rings (SSSR count). The lowest BCUT2D eigenvalue weighted by Gasteiger charge is -2.12. The quantitative estimate of drug-likeness (QED) is 0.745. The summed E-state index contributed by atoms with van der Waals surface area (Å²) in [5, 5.41) is 0.799. The van der Waals surface area contributed by atoms with Crippen molar-refractivity contribution in [2.75, 3.05) is 13.2 Å². The molecule has 0 radical (unpaired) electrons. The molecule has 0 aromatic heterocycles. The van der Waals surface area contributed by atoms with Crippen molar-refractivity contribution >= 4 is 11.6 Å². The van der Waals surface area contributed by atoms with Crippen molar-refractivity contribution < 1.29 is 4.74 Å². The van der Waals surface area contributed by atoms with Crippen LogP contribution in [0.3, 0.4) is 0 Å². The highest BCUT2D eigenvalue weighted by molar-refractivity contribution is 6.31. The molecule has 0 spiro atoms. The highest BCUT2D eigenvalue weighted by Crippen LogP contribution is 2.16. The van der Waals surface area contributed by atoms with E-state index in [0.29, 0.717) is 0 Å². The predicted octanol–water partition coefficient (Wildman–Crippen LogP) is 3.03. The van der Waals surface area contributed by atoms with E-state index in [1.807, 2.05) is 24.3 Å². The summed E-state index contributed by atoms with van der Waals surface area (Å²) < 4.78 is 5.41. The molecule has 0 heterocycles. The van der Waals surface area contributed by atoms with Gasteiger partial charge in [-0.3, -0.25) is 0 Å². The van der Waals surface area contributed by atoms with Crippen LogP contribution in [-0.2, 0) is 11.2 Å². The second-order valence-corrected chi connectivity index (χ2v) is 4.36. The first kappa shape index (κ1) is 13.5. The maximum Gasteiger partial charge on any atom is 0.0480 e. The Labute approximate surface area is 103 Å². The fourth-order valence-corrected chi connectivity index (χ4v) is 1.74. The van der Waals surface area contributed by atoms with E-state index in [-0.39, 0.29) is 6.04 Å². The largest absolute Gasteiger partial charge is 0.381 e. The van der Waals surface area contributed by atoms with Gasteiger partial charge in [0.15, 0.2) is 0 Å². The van der Waals surface area contributed by atoms with E-state index < -0.39 is 0 Å². The van der Waals surface area contributed by atoms with Crippen LogP contribution in [0.15, 0.2) is 24.3 Å². The number of benzene rings is 1. The maximum atomic E-state index is 6.07. The number of ether oxygens (including phenoxy) is 1. The zero-order chi connectivity index (χ0) is 11.8. The second kappa shape index (κ2) is 7.66. The third-order valence-corrected chi connectivity index (χ3v) is 2.79. The van der Waals surface area contributed by atoms with Crippen LogP contribution in [0.25, 0.3) is 0 Å². The smallest absolute Gasteiger partial charge is 0.0480 e. The van der Waals surface area contributed by atoms with Crippen molar-refractivity contribution in [2.45, 2.75) is 32.2 Å². The average Bonchev–Trinajstić information content (AvgIpc) is 2.28. The number of halogens is 1. The zero-order valence-electron chi connectivity index (χ0n) is 9.79. The molecule has 0 amide bonds. The van der Waals surface area contributed by atoms with E-state index in [9.17, 15) is 0 Å². The Morgan fingerprint density at radius 3 is 2.75 bits per heavy atom. The van der Waals surface area contributed by atoms with Gasteiger partial charge < -0.3 is 10.5 Å². The molecule has 0 aliphatic heterocycles. The molecule has 90 valence electrons. The molecular weight excluding hydrogens is 222 g/mol. The minimum Gasteiger partial charge on any atom is -0.381 e.